The molecule has 3 rings (SSSR count). The first-order valence-corrected chi connectivity index (χ1v) is 10.7. The van der Waals surface area contributed by atoms with Gasteiger partial charge in [0.25, 0.3) is 0 Å². The fourth-order valence-electron chi connectivity index (χ4n) is 3.91. The van der Waals surface area contributed by atoms with Crippen LogP contribution in [0.1, 0.15) is 35.3 Å². The summed E-state index contributed by atoms with van der Waals surface area (Å²) < 4.78 is 0. The van der Waals surface area contributed by atoms with Crippen molar-refractivity contribution < 1.29 is 4.79 Å². The van der Waals surface area contributed by atoms with Gasteiger partial charge in [0.15, 0.2) is 5.96 Å². The second kappa shape index (κ2) is 10.7. The third kappa shape index (κ3) is 5.56. The monoisotopic (exact) mass is 520 g/mol. The second-order valence-electron chi connectivity index (χ2n) is 7.37. The highest BCUT2D eigenvalue weighted by Crippen LogP contribution is 2.17. The van der Waals surface area contributed by atoms with Crippen molar-refractivity contribution in [1.29, 1.82) is 0 Å². The summed E-state index contributed by atoms with van der Waals surface area (Å²) in [6.45, 7) is 12.3. The number of aryl methyl sites for hydroxylation is 2. The van der Waals surface area contributed by atoms with Crippen LogP contribution in [0.4, 0.5) is 0 Å². The van der Waals surface area contributed by atoms with Gasteiger partial charge in [0.05, 0.1) is 23.3 Å². The van der Waals surface area contributed by atoms with E-state index in [0.717, 1.165) is 75.3 Å². The molecule has 2 aliphatic rings. The fraction of sp³-hybridized carbons (Fsp3) is 0.737. The van der Waals surface area contributed by atoms with E-state index in [4.69, 9.17) is 0 Å². The number of amides is 1. The molecule has 0 aliphatic carbocycles. The van der Waals surface area contributed by atoms with Gasteiger partial charge in [0.2, 0.25) is 5.91 Å². The van der Waals surface area contributed by atoms with Crippen LogP contribution >= 0.6 is 35.3 Å². The third-order valence-corrected chi connectivity index (χ3v) is 6.63. The number of likely N-dealkylation sites (tertiary alicyclic amines) is 1. The van der Waals surface area contributed by atoms with Gasteiger partial charge in [-0.1, -0.05) is 0 Å². The van der Waals surface area contributed by atoms with Crippen LogP contribution in [0.15, 0.2) is 4.99 Å². The Morgan fingerprint density at radius 2 is 1.79 bits per heavy atom. The molecular weight excluding hydrogens is 487 g/mol. The lowest BCUT2D eigenvalue weighted by Gasteiger charge is -2.39. The largest absolute Gasteiger partial charge is 0.351 e. The highest BCUT2D eigenvalue weighted by molar-refractivity contribution is 14.0. The number of nitrogens with zero attached hydrogens (tertiary/aromatic N) is 5. The maximum Gasteiger partial charge on any atom is 0.239 e. The number of piperazine rings is 1. The summed E-state index contributed by atoms with van der Waals surface area (Å²) in [7, 11) is 1.83. The summed E-state index contributed by atoms with van der Waals surface area (Å²) in [4.78, 5) is 29.5. The third-order valence-electron chi connectivity index (χ3n) is 5.56. The molecule has 1 N–H and O–H groups in total. The minimum Gasteiger partial charge on any atom is -0.351 e. The van der Waals surface area contributed by atoms with E-state index in [2.05, 4.69) is 38.9 Å². The Hall–Kier alpha value is -0.940. The van der Waals surface area contributed by atoms with E-state index in [1.807, 2.05) is 18.9 Å². The number of rotatable bonds is 4. The number of carbonyl (C=O) groups excluding carboxylic acids is 1. The van der Waals surface area contributed by atoms with E-state index >= 15 is 0 Å². The number of nitrogens with one attached hydrogen (secondary N) is 1. The maximum absolute atomic E-state index is 12.6. The topological polar surface area (TPSA) is 64.1 Å². The van der Waals surface area contributed by atoms with Gasteiger partial charge < -0.3 is 15.1 Å². The Morgan fingerprint density at radius 1 is 1.14 bits per heavy atom. The van der Waals surface area contributed by atoms with E-state index in [-0.39, 0.29) is 30.0 Å². The van der Waals surface area contributed by atoms with Gasteiger partial charge in [-0.15, -0.1) is 35.3 Å². The van der Waals surface area contributed by atoms with Gasteiger partial charge >= 0.3 is 0 Å². The standard InChI is InChI=1S/C19H32N6OS.HI/c1-14-17(27-16(3)22-14)13-21-19(20-4)25-11-9-23(10-12-25)15(2)18(26)24-7-5-6-8-24;/h15H,5-13H2,1-4H3,(H,20,21);1H. The molecule has 1 unspecified atom stereocenters. The molecule has 9 heteroatoms. The number of guanidine groups is 1. The normalized spacial score (nSPS) is 19.5. The van der Waals surface area contributed by atoms with Crippen LogP contribution in [0, 0.1) is 13.8 Å². The Bertz CT molecular complexity index is 680. The van der Waals surface area contributed by atoms with Crippen molar-refractivity contribution in [3.63, 3.8) is 0 Å². The second-order valence-corrected chi connectivity index (χ2v) is 8.66. The molecule has 1 aromatic rings. The quantitative estimate of drug-likeness (QED) is 0.374. The number of aromatic nitrogens is 1. The van der Waals surface area contributed by atoms with Gasteiger partial charge in [0.1, 0.15) is 0 Å². The zero-order chi connectivity index (χ0) is 19.4. The van der Waals surface area contributed by atoms with Crippen molar-refractivity contribution in [3.05, 3.63) is 15.6 Å². The molecule has 0 aromatic carbocycles. The Balaban J connectivity index is 0.00000280. The summed E-state index contributed by atoms with van der Waals surface area (Å²) in [5, 5.41) is 4.58. The summed E-state index contributed by atoms with van der Waals surface area (Å²) in [5.41, 5.74) is 1.10. The molecule has 3 heterocycles. The smallest absolute Gasteiger partial charge is 0.239 e. The van der Waals surface area contributed by atoms with E-state index in [1.165, 1.54) is 4.88 Å². The molecule has 7 nitrogen and oxygen atoms in total. The zero-order valence-corrected chi connectivity index (χ0v) is 20.5. The molecule has 1 atom stereocenters. The molecule has 2 fully saturated rings. The van der Waals surface area contributed by atoms with Crippen LogP contribution in [-0.4, -0.2) is 83.9 Å². The summed E-state index contributed by atoms with van der Waals surface area (Å²) >= 11 is 1.74. The predicted octanol–water partition coefficient (Wildman–Crippen LogP) is 2.08. The SMILES string of the molecule is CN=C(NCc1sc(C)nc1C)N1CCN(C(C)C(=O)N2CCCC2)CC1.I. The molecule has 1 amide bonds. The van der Waals surface area contributed by atoms with Crippen LogP contribution in [0.25, 0.3) is 0 Å². The molecule has 0 spiro atoms. The van der Waals surface area contributed by atoms with Crippen LogP contribution < -0.4 is 5.32 Å². The molecule has 28 heavy (non-hydrogen) atoms. The Labute approximate surface area is 189 Å². The zero-order valence-electron chi connectivity index (χ0n) is 17.4. The highest BCUT2D eigenvalue weighted by Gasteiger charge is 2.30. The van der Waals surface area contributed by atoms with E-state index in [9.17, 15) is 4.79 Å². The van der Waals surface area contributed by atoms with Crippen LogP contribution in [0.5, 0.6) is 0 Å². The minimum atomic E-state index is -0.0250. The van der Waals surface area contributed by atoms with Crippen molar-refractivity contribution in [2.45, 2.75) is 46.2 Å². The number of aliphatic imine (C=N–C) groups is 1. The van der Waals surface area contributed by atoms with E-state index in [0.29, 0.717) is 5.91 Å². The number of carbonyl (C=O) groups is 1. The van der Waals surface area contributed by atoms with Crippen LogP contribution in [0.3, 0.4) is 0 Å². The van der Waals surface area contributed by atoms with Gasteiger partial charge in [-0.25, -0.2) is 4.98 Å². The van der Waals surface area contributed by atoms with E-state index < -0.39 is 0 Å². The molecule has 2 aliphatic heterocycles. The summed E-state index contributed by atoms with van der Waals surface area (Å²) in [5.74, 6) is 1.22. The summed E-state index contributed by atoms with van der Waals surface area (Å²) in [6, 6.07) is -0.0250. The first-order valence-electron chi connectivity index (χ1n) is 9.91. The van der Waals surface area contributed by atoms with Crippen molar-refractivity contribution in [2.24, 2.45) is 4.99 Å². The molecule has 158 valence electrons. The van der Waals surface area contributed by atoms with Gasteiger partial charge in [0, 0.05) is 51.2 Å². The highest BCUT2D eigenvalue weighted by atomic mass is 127. The maximum atomic E-state index is 12.6. The van der Waals surface area contributed by atoms with Crippen LogP contribution in [-0.2, 0) is 11.3 Å². The van der Waals surface area contributed by atoms with Gasteiger partial charge in [-0.3, -0.25) is 14.7 Å². The van der Waals surface area contributed by atoms with Gasteiger partial charge in [-0.2, -0.15) is 0 Å². The lowest BCUT2D eigenvalue weighted by Crippen LogP contribution is -2.57. The molecule has 0 saturated carbocycles. The number of halogens is 1. The molecule has 2 saturated heterocycles. The first-order chi connectivity index (χ1) is 13.0. The lowest BCUT2D eigenvalue weighted by molar-refractivity contribution is -0.135. The predicted molar refractivity (Wildman–Crippen MR) is 126 cm³/mol. The number of hydrogen-bond acceptors (Lipinski definition) is 5. The fourth-order valence-corrected chi connectivity index (χ4v) is 4.78. The summed E-state index contributed by atoms with van der Waals surface area (Å²) in [6.07, 6.45) is 2.29. The molecule has 1 aromatic heterocycles. The average Bonchev–Trinajstić information content (AvgIpc) is 3.31. The average molecular weight is 520 g/mol. The molecular formula is C19H33IN6OS. The Kier molecular flexibility index (Phi) is 8.94. The minimum absolute atomic E-state index is 0. The van der Waals surface area contributed by atoms with Crippen molar-refractivity contribution in [3.8, 4) is 0 Å². The molecule has 0 bridgehead atoms. The Morgan fingerprint density at radius 3 is 2.32 bits per heavy atom. The van der Waals surface area contributed by atoms with Crippen molar-refractivity contribution in [2.75, 3.05) is 46.3 Å². The van der Waals surface area contributed by atoms with E-state index in [1.54, 1.807) is 11.3 Å². The lowest BCUT2D eigenvalue weighted by atomic mass is 10.2. The van der Waals surface area contributed by atoms with Crippen molar-refractivity contribution in [1.82, 2.24) is 25.0 Å². The molecule has 0 radical (unpaired) electrons. The first kappa shape index (κ1) is 23.3. The van der Waals surface area contributed by atoms with Crippen molar-refractivity contribution >= 4 is 47.2 Å². The van der Waals surface area contributed by atoms with Gasteiger partial charge in [-0.05, 0) is 33.6 Å². The number of hydrogen-bond donors (Lipinski definition) is 1. The van der Waals surface area contributed by atoms with Crippen LogP contribution in [0.2, 0.25) is 0 Å². The number of thiazole rings is 1.